The van der Waals surface area contributed by atoms with Gasteiger partial charge in [0.2, 0.25) is 5.75 Å². The molecule has 6 heteroatoms. The van der Waals surface area contributed by atoms with Crippen LogP contribution in [-0.2, 0) is 0 Å². The maximum absolute atomic E-state index is 10.4. The van der Waals surface area contributed by atoms with E-state index in [2.05, 4.69) is 9.72 Å². The van der Waals surface area contributed by atoms with Gasteiger partial charge in [0.1, 0.15) is 5.69 Å². The molecule has 0 saturated heterocycles. The molecular formula is C7H6N2O4. The zero-order chi connectivity index (χ0) is 9.84. The second-order valence-electron chi connectivity index (χ2n) is 2.16. The average Bonchev–Trinajstić information content (AvgIpc) is 2.16. The third-order valence-corrected chi connectivity index (χ3v) is 1.41. The molecule has 1 aromatic heterocycles. The van der Waals surface area contributed by atoms with Gasteiger partial charge in [-0.2, -0.15) is 0 Å². The third kappa shape index (κ3) is 1.78. The monoisotopic (exact) mass is 182 g/mol. The molecule has 13 heavy (non-hydrogen) atoms. The minimum Gasteiger partial charge on any atom is -0.489 e. The van der Waals surface area contributed by atoms with Crippen LogP contribution in [0.3, 0.4) is 0 Å². The molecule has 6 nitrogen and oxygen atoms in total. The summed E-state index contributed by atoms with van der Waals surface area (Å²) in [5, 5.41) is 10.4. The van der Waals surface area contributed by atoms with Crippen molar-refractivity contribution in [2.24, 2.45) is 0 Å². The number of carbonyl (C=O) groups is 1. The smallest absolute Gasteiger partial charge is 0.314 e. The summed E-state index contributed by atoms with van der Waals surface area (Å²) in [4.78, 5) is 23.7. The Morgan fingerprint density at radius 3 is 2.85 bits per heavy atom. The molecule has 0 aromatic carbocycles. The van der Waals surface area contributed by atoms with Crippen LogP contribution in [0.5, 0.6) is 5.75 Å². The zero-order valence-electron chi connectivity index (χ0n) is 6.76. The molecule has 0 N–H and O–H groups in total. The molecule has 0 spiro atoms. The predicted octanol–water partition coefficient (Wildman–Crippen LogP) is 0.811. The Bertz CT molecular complexity index is 350. The van der Waals surface area contributed by atoms with E-state index in [-0.39, 0.29) is 17.1 Å². The molecule has 0 radical (unpaired) electrons. The number of rotatable bonds is 3. The van der Waals surface area contributed by atoms with E-state index in [0.29, 0.717) is 6.29 Å². The molecule has 0 aliphatic heterocycles. The quantitative estimate of drug-likeness (QED) is 0.392. The van der Waals surface area contributed by atoms with E-state index in [9.17, 15) is 14.9 Å². The van der Waals surface area contributed by atoms with E-state index < -0.39 is 4.92 Å². The van der Waals surface area contributed by atoms with Gasteiger partial charge < -0.3 is 4.74 Å². The summed E-state index contributed by atoms with van der Waals surface area (Å²) in [7, 11) is 1.30. The molecule has 0 bridgehead atoms. The second kappa shape index (κ2) is 3.61. The summed E-state index contributed by atoms with van der Waals surface area (Å²) in [6.07, 6.45) is 1.58. The minimum absolute atomic E-state index is 0.00694. The van der Waals surface area contributed by atoms with Crippen LogP contribution >= 0.6 is 0 Å². The molecule has 0 atom stereocenters. The maximum atomic E-state index is 10.4. The standard InChI is InChI=1S/C7H6N2O4/c1-13-7-3-8-5(4-10)2-6(7)9(11)12/h2-4H,1H3. The number of nitro groups is 1. The highest BCUT2D eigenvalue weighted by atomic mass is 16.6. The third-order valence-electron chi connectivity index (χ3n) is 1.41. The maximum Gasteiger partial charge on any atom is 0.314 e. The van der Waals surface area contributed by atoms with Gasteiger partial charge in [-0.05, 0) is 0 Å². The van der Waals surface area contributed by atoms with Crippen molar-refractivity contribution >= 4 is 12.0 Å². The Hall–Kier alpha value is -1.98. The highest BCUT2D eigenvalue weighted by molar-refractivity contribution is 5.73. The summed E-state index contributed by atoms with van der Waals surface area (Å²) in [6.45, 7) is 0. The lowest BCUT2D eigenvalue weighted by atomic mass is 10.3. The largest absolute Gasteiger partial charge is 0.489 e. The molecule has 0 aliphatic rings. The fourth-order valence-electron chi connectivity index (χ4n) is 0.812. The van der Waals surface area contributed by atoms with Crippen LogP contribution in [0.4, 0.5) is 5.69 Å². The van der Waals surface area contributed by atoms with Crippen LogP contribution in [0, 0.1) is 10.1 Å². The number of pyridine rings is 1. The number of ether oxygens (including phenoxy) is 1. The van der Waals surface area contributed by atoms with Gasteiger partial charge in [-0.25, -0.2) is 4.98 Å². The van der Waals surface area contributed by atoms with Gasteiger partial charge in [0.25, 0.3) is 0 Å². The van der Waals surface area contributed by atoms with Crippen molar-refractivity contribution in [1.29, 1.82) is 0 Å². The highest BCUT2D eigenvalue weighted by Gasteiger charge is 2.15. The van der Waals surface area contributed by atoms with Crippen LogP contribution in [0.15, 0.2) is 12.3 Å². The van der Waals surface area contributed by atoms with Crippen molar-refractivity contribution in [2.45, 2.75) is 0 Å². The summed E-state index contributed by atoms with van der Waals surface area (Å²) in [6, 6.07) is 1.06. The van der Waals surface area contributed by atoms with E-state index in [1.165, 1.54) is 7.11 Å². The normalized spacial score (nSPS) is 9.31. The fourth-order valence-corrected chi connectivity index (χ4v) is 0.812. The Balaban J connectivity index is 3.25. The lowest BCUT2D eigenvalue weighted by Crippen LogP contribution is -1.97. The molecule has 68 valence electrons. The summed E-state index contributed by atoms with van der Waals surface area (Å²) in [5.41, 5.74) is -0.257. The van der Waals surface area contributed by atoms with Gasteiger partial charge in [0.05, 0.1) is 18.2 Å². The first-order valence-electron chi connectivity index (χ1n) is 3.32. The molecule has 0 aliphatic carbocycles. The van der Waals surface area contributed by atoms with Crippen molar-refractivity contribution in [3.05, 3.63) is 28.1 Å². The van der Waals surface area contributed by atoms with Crippen molar-refractivity contribution in [3.63, 3.8) is 0 Å². The van der Waals surface area contributed by atoms with E-state index in [1.807, 2.05) is 0 Å². The van der Waals surface area contributed by atoms with Gasteiger partial charge in [-0.15, -0.1) is 0 Å². The minimum atomic E-state index is -0.631. The average molecular weight is 182 g/mol. The fraction of sp³-hybridized carbons (Fsp3) is 0.143. The molecule has 0 fully saturated rings. The van der Waals surface area contributed by atoms with Crippen molar-refractivity contribution in [3.8, 4) is 5.75 Å². The number of methoxy groups -OCH3 is 1. The number of nitrogens with zero attached hydrogens (tertiary/aromatic N) is 2. The first kappa shape index (κ1) is 9.11. The molecule has 0 saturated carbocycles. The second-order valence-corrected chi connectivity index (χ2v) is 2.16. The van der Waals surface area contributed by atoms with Crippen molar-refractivity contribution < 1.29 is 14.5 Å². The topological polar surface area (TPSA) is 82.3 Å². The van der Waals surface area contributed by atoms with E-state index >= 15 is 0 Å². The molecule has 1 aromatic rings. The van der Waals surface area contributed by atoms with Crippen LogP contribution in [0.1, 0.15) is 10.5 Å². The highest BCUT2D eigenvalue weighted by Crippen LogP contribution is 2.25. The van der Waals surface area contributed by atoms with Gasteiger partial charge in [0, 0.05) is 6.07 Å². The molecule has 1 rings (SSSR count). The first-order chi connectivity index (χ1) is 6.19. The van der Waals surface area contributed by atoms with Gasteiger partial charge in [0.15, 0.2) is 6.29 Å². The number of hydrogen-bond acceptors (Lipinski definition) is 5. The molecule has 0 unspecified atom stereocenters. The number of hydrogen-bond donors (Lipinski definition) is 0. The van der Waals surface area contributed by atoms with Gasteiger partial charge in [-0.3, -0.25) is 14.9 Å². The lowest BCUT2D eigenvalue weighted by Gasteiger charge is -1.99. The Morgan fingerprint density at radius 2 is 2.38 bits per heavy atom. The number of carbonyl (C=O) groups excluding carboxylic acids is 1. The predicted molar refractivity (Wildman–Crippen MR) is 42.8 cm³/mol. The Kier molecular flexibility index (Phi) is 2.53. The lowest BCUT2D eigenvalue weighted by molar-refractivity contribution is -0.385. The van der Waals surface area contributed by atoms with Crippen LogP contribution in [0.25, 0.3) is 0 Å². The molecular weight excluding hydrogens is 176 g/mol. The van der Waals surface area contributed by atoms with E-state index in [4.69, 9.17) is 0 Å². The zero-order valence-corrected chi connectivity index (χ0v) is 6.76. The van der Waals surface area contributed by atoms with Gasteiger partial charge in [-0.1, -0.05) is 0 Å². The Labute approximate surface area is 73.3 Å². The molecule has 1 heterocycles. The summed E-state index contributed by atoms with van der Waals surface area (Å²) < 4.78 is 4.69. The number of aromatic nitrogens is 1. The van der Waals surface area contributed by atoms with Crippen LogP contribution in [-0.4, -0.2) is 23.3 Å². The SMILES string of the molecule is COc1cnc(C=O)cc1[N+](=O)[O-]. The van der Waals surface area contributed by atoms with Crippen molar-refractivity contribution in [2.75, 3.05) is 7.11 Å². The Morgan fingerprint density at radius 1 is 1.69 bits per heavy atom. The van der Waals surface area contributed by atoms with Crippen molar-refractivity contribution in [1.82, 2.24) is 4.98 Å². The van der Waals surface area contributed by atoms with Crippen LogP contribution < -0.4 is 4.74 Å². The molecule has 0 amide bonds. The van der Waals surface area contributed by atoms with Gasteiger partial charge >= 0.3 is 5.69 Å². The van der Waals surface area contributed by atoms with E-state index in [0.717, 1.165) is 12.3 Å². The number of aldehydes is 1. The first-order valence-corrected chi connectivity index (χ1v) is 3.32. The summed E-state index contributed by atoms with van der Waals surface area (Å²) in [5.74, 6) is 0.0376. The van der Waals surface area contributed by atoms with E-state index in [1.54, 1.807) is 0 Å². The van der Waals surface area contributed by atoms with Crippen LogP contribution in [0.2, 0.25) is 0 Å². The summed E-state index contributed by atoms with van der Waals surface area (Å²) >= 11 is 0.